The van der Waals surface area contributed by atoms with E-state index in [-0.39, 0.29) is 30.7 Å². The molecule has 1 aliphatic heterocycles. The molecule has 0 aliphatic carbocycles. The van der Waals surface area contributed by atoms with E-state index in [0.29, 0.717) is 26.4 Å². The third-order valence-corrected chi connectivity index (χ3v) is 7.05. The Bertz CT molecular complexity index is 1500. The van der Waals surface area contributed by atoms with Crippen LogP contribution in [0, 0.1) is 12.7 Å². The van der Waals surface area contributed by atoms with Gasteiger partial charge in [0.05, 0.1) is 30.1 Å². The summed E-state index contributed by atoms with van der Waals surface area (Å²) >= 11 is 1.19. The molecule has 0 unspecified atom stereocenters. The van der Waals surface area contributed by atoms with Crippen LogP contribution in [-0.4, -0.2) is 54.8 Å². The fourth-order valence-electron chi connectivity index (χ4n) is 4.32. The fourth-order valence-corrected chi connectivity index (χ4v) is 5.34. The maximum absolute atomic E-state index is 15.1. The number of imidazole rings is 1. The first-order valence-corrected chi connectivity index (χ1v) is 12.1. The second kappa shape index (κ2) is 8.40. The van der Waals surface area contributed by atoms with Gasteiger partial charge in [-0.05, 0) is 46.2 Å². The van der Waals surface area contributed by atoms with Crippen LogP contribution in [0.4, 0.5) is 13.6 Å². The average molecular weight is 502 g/mol. The van der Waals surface area contributed by atoms with Gasteiger partial charge in [0.15, 0.2) is 11.5 Å². The molecule has 0 N–H and O–H groups in total. The van der Waals surface area contributed by atoms with Crippen molar-refractivity contribution in [3.63, 3.8) is 0 Å². The van der Waals surface area contributed by atoms with Crippen molar-refractivity contribution >= 4 is 33.3 Å². The van der Waals surface area contributed by atoms with Gasteiger partial charge >= 0.3 is 6.09 Å². The Morgan fingerprint density at radius 2 is 2.03 bits per heavy atom. The summed E-state index contributed by atoms with van der Waals surface area (Å²) in [7, 11) is 0. The topological polar surface area (TPSA) is 81.7 Å². The molecular weight excluding hydrogens is 476 g/mol. The summed E-state index contributed by atoms with van der Waals surface area (Å²) in [5.74, 6) is -0.463. The van der Waals surface area contributed by atoms with Crippen LogP contribution in [-0.2, 0) is 4.74 Å². The number of carbonyl (C=O) groups excluding carboxylic acids is 1. The molecule has 4 aromatic rings. The standard InChI is InChI=1S/C24H25F2N5O3S/c1-13-9-30-10-14(7-15(25)21(30)28-13)19-8-17-20(35-19)22(32)31(12-27-17)18-5-6-29(11-16(18)26)23(33)34-24(2,3)4/h7-10,12,16,18H,5-6,11H2,1-4H3/t16-,18+/m1/s1. The molecule has 184 valence electrons. The number of piperidine rings is 1. The highest BCUT2D eigenvalue weighted by atomic mass is 32.1. The summed E-state index contributed by atoms with van der Waals surface area (Å²) < 4.78 is 38.3. The molecule has 0 aromatic carbocycles. The number of aryl methyl sites for hydroxylation is 1. The number of pyridine rings is 1. The highest BCUT2D eigenvalue weighted by Crippen LogP contribution is 2.33. The predicted octanol–water partition coefficient (Wildman–Crippen LogP) is 4.74. The number of likely N-dealkylation sites (tertiary alicyclic amines) is 1. The van der Waals surface area contributed by atoms with Crippen molar-refractivity contribution in [3.05, 3.63) is 52.7 Å². The Morgan fingerprint density at radius 3 is 2.74 bits per heavy atom. The largest absolute Gasteiger partial charge is 0.444 e. The molecule has 1 fully saturated rings. The number of rotatable bonds is 2. The quantitative estimate of drug-likeness (QED) is 0.396. The first-order valence-electron chi connectivity index (χ1n) is 11.3. The Kier molecular flexibility index (Phi) is 5.62. The smallest absolute Gasteiger partial charge is 0.410 e. The molecule has 5 rings (SSSR count). The van der Waals surface area contributed by atoms with Gasteiger partial charge in [-0.2, -0.15) is 0 Å². The summed E-state index contributed by atoms with van der Waals surface area (Å²) in [6, 6.07) is 2.37. The Morgan fingerprint density at radius 1 is 1.26 bits per heavy atom. The van der Waals surface area contributed by atoms with Crippen LogP contribution in [0.15, 0.2) is 35.6 Å². The molecule has 8 nitrogen and oxygen atoms in total. The molecule has 35 heavy (non-hydrogen) atoms. The Balaban J connectivity index is 1.43. The summed E-state index contributed by atoms with van der Waals surface area (Å²) in [6.45, 7) is 7.15. The molecule has 0 radical (unpaired) electrons. The molecule has 0 saturated carbocycles. The van der Waals surface area contributed by atoms with Crippen LogP contribution >= 0.6 is 11.3 Å². The van der Waals surface area contributed by atoms with Gasteiger partial charge in [0.25, 0.3) is 5.56 Å². The second-order valence-corrected chi connectivity index (χ2v) is 10.8. The first-order chi connectivity index (χ1) is 16.5. The first kappa shape index (κ1) is 23.4. The minimum atomic E-state index is -1.45. The van der Waals surface area contributed by atoms with Crippen molar-refractivity contribution in [1.82, 2.24) is 23.8 Å². The lowest BCUT2D eigenvalue weighted by Crippen LogP contribution is -2.48. The summed E-state index contributed by atoms with van der Waals surface area (Å²) in [5.41, 5.74) is 0.960. The monoisotopic (exact) mass is 501 g/mol. The van der Waals surface area contributed by atoms with E-state index in [1.807, 2.05) is 0 Å². The zero-order valence-corrected chi connectivity index (χ0v) is 20.6. The van der Waals surface area contributed by atoms with Gasteiger partial charge < -0.3 is 14.0 Å². The second-order valence-electron chi connectivity index (χ2n) is 9.77. The lowest BCUT2D eigenvalue weighted by atomic mass is 10.0. The van der Waals surface area contributed by atoms with E-state index in [1.165, 1.54) is 33.2 Å². The van der Waals surface area contributed by atoms with E-state index in [1.54, 1.807) is 50.6 Å². The van der Waals surface area contributed by atoms with Crippen molar-refractivity contribution in [1.29, 1.82) is 0 Å². The van der Waals surface area contributed by atoms with E-state index >= 15 is 4.39 Å². The van der Waals surface area contributed by atoms with Crippen LogP contribution in [0.25, 0.3) is 26.3 Å². The van der Waals surface area contributed by atoms with Gasteiger partial charge in [0.2, 0.25) is 0 Å². The number of aromatic nitrogens is 4. The van der Waals surface area contributed by atoms with Gasteiger partial charge in [0, 0.05) is 29.4 Å². The van der Waals surface area contributed by atoms with Gasteiger partial charge in [-0.1, -0.05) is 0 Å². The molecular formula is C24H25F2N5O3S. The Labute approximate surface area is 203 Å². The maximum atomic E-state index is 15.1. The lowest BCUT2D eigenvalue weighted by Gasteiger charge is -2.36. The number of carbonyl (C=O) groups is 1. The summed E-state index contributed by atoms with van der Waals surface area (Å²) in [6.07, 6.45) is 3.07. The van der Waals surface area contributed by atoms with E-state index in [0.717, 1.165) is 0 Å². The fraction of sp³-hybridized carbons (Fsp3) is 0.417. The number of halogens is 2. The van der Waals surface area contributed by atoms with Gasteiger partial charge in [-0.25, -0.2) is 23.5 Å². The number of amides is 1. The number of hydrogen-bond donors (Lipinski definition) is 0. The SMILES string of the molecule is Cc1cn2cc(-c3cc4ncn([C@H]5CCN(C(=O)OC(C)(C)C)C[C@H]5F)c(=O)c4s3)cc(F)c2n1. The molecule has 5 heterocycles. The van der Waals surface area contributed by atoms with Crippen molar-refractivity contribution in [3.8, 4) is 10.4 Å². The number of alkyl halides is 1. The predicted molar refractivity (Wildman–Crippen MR) is 129 cm³/mol. The van der Waals surface area contributed by atoms with Gasteiger partial charge in [0.1, 0.15) is 16.5 Å². The van der Waals surface area contributed by atoms with Crippen LogP contribution < -0.4 is 5.56 Å². The molecule has 11 heteroatoms. The molecule has 1 amide bonds. The van der Waals surface area contributed by atoms with Crippen molar-refractivity contribution in [2.45, 2.75) is 51.9 Å². The van der Waals surface area contributed by atoms with E-state index in [2.05, 4.69) is 9.97 Å². The summed E-state index contributed by atoms with van der Waals surface area (Å²) in [5, 5.41) is 0. The molecule has 0 bridgehead atoms. The van der Waals surface area contributed by atoms with E-state index in [9.17, 15) is 14.0 Å². The normalized spacial score (nSPS) is 19.0. The lowest BCUT2D eigenvalue weighted by molar-refractivity contribution is 0.00645. The van der Waals surface area contributed by atoms with E-state index in [4.69, 9.17) is 4.74 Å². The number of ether oxygens (including phenoxy) is 1. The van der Waals surface area contributed by atoms with Crippen LogP contribution in [0.2, 0.25) is 0 Å². The highest BCUT2D eigenvalue weighted by molar-refractivity contribution is 7.22. The average Bonchev–Trinajstić information content (AvgIpc) is 3.37. The number of hydrogen-bond acceptors (Lipinski definition) is 6. The maximum Gasteiger partial charge on any atom is 0.410 e. The minimum Gasteiger partial charge on any atom is -0.444 e. The molecule has 2 atom stereocenters. The van der Waals surface area contributed by atoms with Crippen molar-refractivity contribution in [2.75, 3.05) is 13.1 Å². The number of fused-ring (bicyclic) bond motifs is 2. The van der Waals surface area contributed by atoms with Crippen molar-refractivity contribution in [2.24, 2.45) is 0 Å². The molecule has 1 saturated heterocycles. The van der Waals surface area contributed by atoms with Crippen LogP contribution in [0.5, 0.6) is 0 Å². The highest BCUT2D eigenvalue weighted by Gasteiger charge is 2.35. The molecule has 4 aromatic heterocycles. The third kappa shape index (κ3) is 4.40. The van der Waals surface area contributed by atoms with E-state index < -0.39 is 29.7 Å². The van der Waals surface area contributed by atoms with Gasteiger partial charge in [-0.15, -0.1) is 11.3 Å². The molecule has 1 aliphatic rings. The zero-order valence-electron chi connectivity index (χ0n) is 19.8. The Hall–Kier alpha value is -3.34. The van der Waals surface area contributed by atoms with Crippen LogP contribution in [0.3, 0.4) is 0 Å². The van der Waals surface area contributed by atoms with Crippen molar-refractivity contribution < 1.29 is 18.3 Å². The summed E-state index contributed by atoms with van der Waals surface area (Å²) in [4.78, 5) is 36.1. The third-order valence-electron chi connectivity index (χ3n) is 5.89. The zero-order chi connectivity index (χ0) is 25.1. The van der Waals surface area contributed by atoms with Gasteiger partial charge in [-0.3, -0.25) is 9.36 Å². The number of nitrogens with zero attached hydrogens (tertiary/aromatic N) is 5. The number of thiophene rings is 1. The molecule has 0 spiro atoms. The van der Waals surface area contributed by atoms with Crippen LogP contribution in [0.1, 0.15) is 38.9 Å². The minimum absolute atomic E-state index is 0.163.